The molecule has 3 heterocycles. The standard InChI is InChI=1S/C26H30N4O/c1-19-7-8-24-22(17-19)23(18-25(28-24)20-9-11-27-12-10-20)26(31)30-15-13-29(14-16-30)21-5-3-2-4-6-21/h7-12,17-18,21H,2-6,13-16H2,1H3. The topological polar surface area (TPSA) is 49.3 Å². The molecule has 5 nitrogen and oxygen atoms in total. The number of fused-ring (bicyclic) bond motifs is 1. The summed E-state index contributed by atoms with van der Waals surface area (Å²) < 4.78 is 0. The monoisotopic (exact) mass is 414 g/mol. The van der Waals surface area contributed by atoms with Crippen LogP contribution >= 0.6 is 0 Å². The van der Waals surface area contributed by atoms with Crippen LogP contribution in [0.15, 0.2) is 48.8 Å². The third kappa shape index (κ3) is 4.19. The van der Waals surface area contributed by atoms with Crippen LogP contribution in [-0.2, 0) is 0 Å². The summed E-state index contributed by atoms with van der Waals surface area (Å²) in [5.41, 5.74) is 4.56. The van der Waals surface area contributed by atoms with E-state index in [2.05, 4.69) is 28.9 Å². The number of amides is 1. The Bertz CT molecular complexity index is 1070. The largest absolute Gasteiger partial charge is 0.336 e. The van der Waals surface area contributed by atoms with Crippen LogP contribution in [0, 0.1) is 6.92 Å². The molecule has 0 atom stereocenters. The van der Waals surface area contributed by atoms with Crippen molar-refractivity contribution in [1.29, 1.82) is 0 Å². The molecule has 5 heteroatoms. The molecule has 3 aromatic rings. The lowest BCUT2D eigenvalue weighted by molar-refractivity contribution is 0.0525. The van der Waals surface area contributed by atoms with E-state index in [1.54, 1.807) is 12.4 Å². The van der Waals surface area contributed by atoms with Gasteiger partial charge in [0.2, 0.25) is 0 Å². The van der Waals surface area contributed by atoms with Gasteiger partial charge in [0.1, 0.15) is 0 Å². The number of aryl methyl sites for hydroxylation is 1. The molecular weight excluding hydrogens is 384 g/mol. The number of nitrogens with zero attached hydrogens (tertiary/aromatic N) is 4. The highest BCUT2D eigenvalue weighted by Crippen LogP contribution is 2.28. The van der Waals surface area contributed by atoms with Crippen LogP contribution in [0.4, 0.5) is 0 Å². The Kier molecular flexibility index (Phi) is 5.68. The molecule has 1 aromatic carbocycles. The normalized spacial score (nSPS) is 18.4. The van der Waals surface area contributed by atoms with Crippen molar-refractivity contribution in [3.05, 3.63) is 59.9 Å². The maximum absolute atomic E-state index is 13.7. The summed E-state index contributed by atoms with van der Waals surface area (Å²) >= 11 is 0. The van der Waals surface area contributed by atoms with Crippen molar-refractivity contribution in [3.8, 4) is 11.3 Å². The molecule has 2 fully saturated rings. The first-order valence-electron chi connectivity index (χ1n) is 11.5. The number of carbonyl (C=O) groups is 1. The number of piperazine rings is 1. The minimum absolute atomic E-state index is 0.122. The summed E-state index contributed by atoms with van der Waals surface area (Å²) in [6, 6.07) is 12.7. The summed E-state index contributed by atoms with van der Waals surface area (Å²) in [5.74, 6) is 0.122. The van der Waals surface area contributed by atoms with E-state index < -0.39 is 0 Å². The van der Waals surface area contributed by atoms with E-state index in [0.717, 1.165) is 59.5 Å². The van der Waals surface area contributed by atoms with E-state index in [1.807, 2.05) is 29.2 Å². The van der Waals surface area contributed by atoms with Crippen molar-refractivity contribution < 1.29 is 4.79 Å². The van der Waals surface area contributed by atoms with Gasteiger partial charge in [0.15, 0.2) is 0 Å². The van der Waals surface area contributed by atoms with E-state index >= 15 is 0 Å². The van der Waals surface area contributed by atoms with Gasteiger partial charge in [0.05, 0.1) is 16.8 Å². The molecule has 1 aliphatic heterocycles. The molecule has 0 N–H and O–H groups in total. The van der Waals surface area contributed by atoms with Crippen LogP contribution in [0.3, 0.4) is 0 Å². The fourth-order valence-electron chi connectivity index (χ4n) is 5.09. The van der Waals surface area contributed by atoms with Gasteiger partial charge in [-0.3, -0.25) is 14.7 Å². The number of hydrogen-bond acceptors (Lipinski definition) is 4. The zero-order valence-corrected chi connectivity index (χ0v) is 18.3. The lowest BCUT2D eigenvalue weighted by Crippen LogP contribution is -2.52. The minimum Gasteiger partial charge on any atom is -0.336 e. The average molecular weight is 415 g/mol. The first-order valence-corrected chi connectivity index (χ1v) is 11.5. The second-order valence-electron chi connectivity index (χ2n) is 8.93. The van der Waals surface area contributed by atoms with Crippen molar-refractivity contribution in [3.63, 3.8) is 0 Å². The molecule has 2 aromatic heterocycles. The smallest absolute Gasteiger partial charge is 0.254 e. The fourth-order valence-corrected chi connectivity index (χ4v) is 5.09. The van der Waals surface area contributed by atoms with E-state index in [0.29, 0.717) is 6.04 Å². The number of hydrogen-bond donors (Lipinski definition) is 0. The Morgan fingerprint density at radius 2 is 1.68 bits per heavy atom. The van der Waals surface area contributed by atoms with Crippen molar-refractivity contribution in [2.75, 3.05) is 26.2 Å². The van der Waals surface area contributed by atoms with E-state index in [4.69, 9.17) is 4.98 Å². The van der Waals surface area contributed by atoms with Crippen molar-refractivity contribution in [1.82, 2.24) is 19.8 Å². The Morgan fingerprint density at radius 1 is 0.935 bits per heavy atom. The molecule has 1 aliphatic carbocycles. The van der Waals surface area contributed by atoms with E-state index in [-0.39, 0.29) is 5.91 Å². The van der Waals surface area contributed by atoms with Crippen LogP contribution in [0.1, 0.15) is 48.0 Å². The van der Waals surface area contributed by atoms with Gasteiger partial charge >= 0.3 is 0 Å². The quantitative estimate of drug-likeness (QED) is 0.624. The molecule has 0 spiro atoms. The summed E-state index contributed by atoms with van der Waals surface area (Å²) in [5, 5.41) is 0.942. The Morgan fingerprint density at radius 3 is 2.42 bits per heavy atom. The average Bonchev–Trinajstić information content (AvgIpc) is 2.84. The first-order chi connectivity index (χ1) is 15.2. The zero-order valence-electron chi connectivity index (χ0n) is 18.3. The molecule has 0 radical (unpaired) electrons. The lowest BCUT2D eigenvalue weighted by Gasteiger charge is -2.40. The third-order valence-corrected chi connectivity index (χ3v) is 6.86. The van der Waals surface area contributed by atoms with Gasteiger partial charge in [-0.15, -0.1) is 0 Å². The van der Waals surface area contributed by atoms with Crippen LogP contribution < -0.4 is 0 Å². The Hall–Kier alpha value is -2.79. The van der Waals surface area contributed by atoms with Crippen LogP contribution in [0.25, 0.3) is 22.2 Å². The summed E-state index contributed by atoms with van der Waals surface area (Å²) in [4.78, 5) is 27.3. The minimum atomic E-state index is 0.122. The summed E-state index contributed by atoms with van der Waals surface area (Å²) in [6.45, 7) is 5.63. The number of benzene rings is 1. The third-order valence-electron chi connectivity index (χ3n) is 6.86. The fraction of sp³-hybridized carbons (Fsp3) is 0.423. The van der Waals surface area contributed by atoms with Gasteiger partial charge in [-0.25, -0.2) is 4.98 Å². The summed E-state index contributed by atoms with van der Waals surface area (Å²) in [7, 11) is 0. The van der Waals surface area contributed by atoms with Crippen molar-refractivity contribution in [2.45, 2.75) is 45.1 Å². The predicted octanol–water partition coefficient (Wildman–Crippen LogP) is 4.70. The van der Waals surface area contributed by atoms with Gasteiger partial charge in [0, 0.05) is 55.6 Å². The van der Waals surface area contributed by atoms with Crippen molar-refractivity contribution >= 4 is 16.8 Å². The molecule has 0 unspecified atom stereocenters. The Balaban J connectivity index is 1.43. The van der Waals surface area contributed by atoms with Gasteiger partial charge in [-0.1, -0.05) is 30.9 Å². The van der Waals surface area contributed by atoms with Crippen LogP contribution in [-0.4, -0.2) is 57.9 Å². The lowest BCUT2D eigenvalue weighted by atomic mass is 9.93. The molecule has 1 amide bonds. The molecule has 160 valence electrons. The first kappa shape index (κ1) is 20.1. The zero-order chi connectivity index (χ0) is 21.2. The van der Waals surface area contributed by atoms with Gasteiger partial charge in [0.25, 0.3) is 5.91 Å². The number of carbonyl (C=O) groups excluding carboxylic acids is 1. The van der Waals surface area contributed by atoms with Gasteiger partial charge in [-0.2, -0.15) is 0 Å². The highest BCUT2D eigenvalue weighted by atomic mass is 16.2. The second kappa shape index (κ2) is 8.75. The maximum atomic E-state index is 13.7. The van der Waals surface area contributed by atoms with Crippen LogP contribution in [0.2, 0.25) is 0 Å². The SMILES string of the molecule is Cc1ccc2nc(-c3ccncc3)cc(C(=O)N3CCN(C4CCCCC4)CC3)c2c1. The molecular formula is C26H30N4O. The Labute approximate surface area is 184 Å². The van der Waals surface area contributed by atoms with Crippen LogP contribution in [0.5, 0.6) is 0 Å². The van der Waals surface area contributed by atoms with E-state index in [9.17, 15) is 4.79 Å². The molecule has 0 bridgehead atoms. The van der Waals surface area contributed by atoms with E-state index in [1.165, 1.54) is 32.1 Å². The maximum Gasteiger partial charge on any atom is 0.254 e. The molecule has 1 saturated heterocycles. The second-order valence-corrected chi connectivity index (χ2v) is 8.93. The predicted molar refractivity (Wildman–Crippen MR) is 124 cm³/mol. The van der Waals surface area contributed by atoms with Gasteiger partial charge in [-0.05, 0) is 50.1 Å². The number of pyridine rings is 2. The molecule has 5 rings (SSSR count). The number of aromatic nitrogens is 2. The number of rotatable bonds is 3. The molecule has 31 heavy (non-hydrogen) atoms. The molecule has 1 saturated carbocycles. The van der Waals surface area contributed by atoms with Gasteiger partial charge < -0.3 is 4.90 Å². The highest BCUT2D eigenvalue weighted by molar-refractivity contribution is 6.07. The molecule has 2 aliphatic rings. The van der Waals surface area contributed by atoms with Crippen molar-refractivity contribution in [2.24, 2.45) is 0 Å². The highest BCUT2D eigenvalue weighted by Gasteiger charge is 2.28. The summed E-state index contributed by atoms with van der Waals surface area (Å²) in [6.07, 6.45) is 10.2.